The number of halogens is 1. The monoisotopic (exact) mass is 414 g/mol. The molecule has 2 aromatic heterocycles. The molecule has 1 amide bonds. The van der Waals surface area contributed by atoms with E-state index < -0.39 is 0 Å². The van der Waals surface area contributed by atoms with Gasteiger partial charge in [-0.05, 0) is 48.5 Å². The summed E-state index contributed by atoms with van der Waals surface area (Å²) < 4.78 is 18.4. The molecule has 4 rings (SSSR count). The lowest BCUT2D eigenvalue weighted by atomic mass is 9.96. The lowest BCUT2D eigenvalue weighted by molar-refractivity contribution is -0.137. The average Bonchev–Trinajstić information content (AvgIpc) is 3.41. The third-order valence-electron chi connectivity index (χ3n) is 5.13. The van der Waals surface area contributed by atoms with Crippen molar-refractivity contribution >= 4 is 17.2 Å². The molecule has 1 saturated heterocycles. The molecule has 3 heterocycles. The van der Waals surface area contributed by atoms with E-state index >= 15 is 0 Å². The Kier molecular flexibility index (Phi) is 6.01. The van der Waals surface area contributed by atoms with Crippen LogP contribution in [0.2, 0.25) is 0 Å². The zero-order valence-electron chi connectivity index (χ0n) is 16.3. The molecule has 1 aromatic carbocycles. The summed E-state index contributed by atoms with van der Waals surface area (Å²) in [6, 6.07) is 10.4. The molecular weight excluding hydrogens is 391 g/mol. The summed E-state index contributed by atoms with van der Waals surface area (Å²) >= 11 is 1.55. The lowest BCUT2D eigenvalue weighted by Gasteiger charge is -2.33. The van der Waals surface area contributed by atoms with Gasteiger partial charge in [-0.25, -0.2) is 4.39 Å². The number of rotatable bonds is 6. The van der Waals surface area contributed by atoms with Crippen molar-refractivity contribution in [1.82, 2.24) is 19.9 Å². The van der Waals surface area contributed by atoms with Gasteiger partial charge in [0.15, 0.2) is 0 Å². The van der Waals surface area contributed by atoms with Crippen LogP contribution < -0.4 is 0 Å². The van der Waals surface area contributed by atoms with E-state index in [4.69, 9.17) is 4.52 Å². The number of benzene rings is 1. The fourth-order valence-electron chi connectivity index (χ4n) is 3.67. The van der Waals surface area contributed by atoms with E-state index in [1.165, 1.54) is 12.1 Å². The number of piperidine rings is 1. The molecule has 1 aliphatic rings. The van der Waals surface area contributed by atoms with Gasteiger partial charge in [0.1, 0.15) is 5.82 Å². The minimum Gasteiger partial charge on any atom is -0.337 e. The van der Waals surface area contributed by atoms with Gasteiger partial charge in [0.05, 0.1) is 17.3 Å². The highest BCUT2D eigenvalue weighted by Crippen LogP contribution is 2.23. The number of carbonyl (C=O) groups excluding carboxylic acids is 1. The van der Waals surface area contributed by atoms with Crippen LogP contribution in [0.25, 0.3) is 10.7 Å². The molecule has 152 valence electrons. The van der Waals surface area contributed by atoms with Crippen molar-refractivity contribution in [3.8, 4) is 10.7 Å². The first-order chi connectivity index (χ1) is 14.1. The summed E-state index contributed by atoms with van der Waals surface area (Å²) in [5.41, 5.74) is 1.06. The van der Waals surface area contributed by atoms with Crippen molar-refractivity contribution in [3.63, 3.8) is 0 Å². The Balaban J connectivity index is 1.33. The van der Waals surface area contributed by atoms with E-state index in [1.54, 1.807) is 35.4 Å². The number of thiophene rings is 1. The van der Waals surface area contributed by atoms with Gasteiger partial charge in [-0.15, -0.1) is 11.3 Å². The van der Waals surface area contributed by atoms with E-state index in [2.05, 4.69) is 15.0 Å². The summed E-state index contributed by atoms with van der Waals surface area (Å²) in [5, 5.41) is 5.96. The third-order valence-corrected chi connectivity index (χ3v) is 6.00. The molecular formula is C21H23FN4O2S. The van der Waals surface area contributed by atoms with Gasteiger partial charge in [-0.3, -0.25) is 9.69 Å². The third kappa shape index (κ3) is 4.89. The van der Waals surface area contributed by atoms with Crippen LogP contribution in [0, 0.1) is 11.7 Å². The number of hydrogen-bond acceptors (Lipinski definition) is 6. The molecule has 0 bridgehead atoms. The van der Waals surface area contributed by atoms with Crippen molar-refractivity contribution in [3.05, 3.63) is 59.0 Å². The van der Waals surface area contributed by atoms with Crippen LogP contribution in [0.3, 0.4) is 0 Å². The first-order valence-corrected chi connectivity index (χ1v) is 10.5. The van der Waals surface area contributed by atoms with E-state index in [0.29, 0.717) is 24.8 Å². The Morgan fingerprint density at radius 2 is 2.17 bits per heavy atom. The summed E-state index contributed by atoms with van der Waals surface area (Å²) in [6.07, 6.45) is 1.84. The zero-order chi connectivity index (χ0) is 20.2. The zero-order valence-corrected chi connectivity index (χ0v) is 17.1. The highest BCUT2D eigenvalue weighted by atomic mass is 32.1. The van der Waals surface area contributed by atoms with Crippen molar-refractivity contribution in [2.24, 2.45) is 5.92 Å². The lowest BCUT2D eigenvalue weighted by Crippen LogP contribution is -2.43. The van der Waals surface area contributed by atoms with Gasteiger partial charge in [-0.2, -0.15) is 4.98 Å². The van der Waals surface area contributed by atoms with Crippen molar-refractivity contribution in [2.75, 3.05) is 20.1 Å². The molecule has 0 unspecified atom stereocenters. The molecule has 6 nitrogen and oxygen atoms in total. The Morgan fingerprint density at radius 3 is 2.93 bits per heavy atom. The Bertz CT molecular complexity index is 942. The molecule has 8 heteroatoms. The predicted octanol–water partition coefficient (Wildman–Crippen LogP) is 3.81. The minimum atomic E-state index is -0.231. The highest BCUT2D eigenvalue weighted by Gasteiger charge is 2.28. The average molecular weight is 415 g/mol. The van der Waals surface area contributed by atoms with Crippen LogP contribution in [-0.2, 0) is 17.9 Å². The second kappa shape index (κ2) is 8.84. The molecule has 29 heavy (non-hydrogen) atoms. The quantitative estimate of drug-likeness (QED) is 0.614. The Hall–Kier alpha value is -2.58. The summed E-state index contributed by atoms with van der Waals surface area (Å²) in [5.74, 6) is 0.783. The first-order valence-electron chi connectivity index (χ1n) is 9.67. The second-order valence-electron chi connectivity index (χ2n) is 7.38. The maximum Gasteiger partial charge on any atom is 0.246 e. The summed E-state index contributed by atoms with van der Waals surface area (Å²) in [7, 11) is 1.77. The van der Waals surface area contributed by atoms with Crippen LogP contribution in [0.15, 0.2) is 46.3 Å². The van der Waals surface area contributed by atoms with Gasteiger partial charge in [0.25, 0.3) is 0 Å². The Labute approximate surface area is 172 Å². The highest BCUT2D eigenvalue weighted by molar-refractivity contribution is 7.13. The van der Waals surface area contributed by atoms with Gasteiger partial charge >= 0.3 is 0 Å². The molecule has 0 spiro atoms. The van der Waals surface area contributed by atoms with E-state index in [-0.39, 0.29) is 17.6 Å². The Morgan fingerprint density at radius 1 is 1.34 bits per heavy atom. The maximum atomic E-state index is 13.1. The topological polar surface area (TPSA) is 62.5 Å². The first kappa shape index (κ1) is 19.7. The summed E-state index contributed by atoms with van der Waals surface area (Å²) in [4.78, 5) is 22.2. The van der Waals surface area contributed by atoms with Crippen molar-refractivity contribution in [2.45, 2.75) is 25.9 Å². The molecule has 1 aliphatic heterocycles. The molecule has 0 N–H and O–H groups in total. The van der Waals surface area contributed by atoms with Gasteiger partial charge in [0.2, 0.25) is 17.6 Å². The van der Waals surface area contributed by atoms with Crippen LogP contribution in [0.4, 0.5) is 4.39 Å². The predicted molar refractivity (Wildman–Crippen MR) is 108 cm³/mol. The van der Waals surface area contributed by atoms with Gasteiger partial charge in [0, 0.05) is 20.1 Å². The number of hydrogen-bond donors (Lipinski definition) is 0. The fourth-order valence-corrected chi connectivity index (χ4v) is 4.32. The number of carbonyl (C=O) groups is 1. The number of likely N-dealkylation sites (tertiary alicyclic amines) is 1. The molecule has 3 aromatic rings. The van der Waals surface area contributed by atoms with Gasteiger partial charge in [-0.1, -0.05) is 23.4 Å². The van der Waals surface area contributed by atoms with E-state index in [9.17, 15) is 9.18 Å². The van der Waals surface area contributed by atoms with Gasteiger partial charge < -0.3 is 9.42 Å². The van der Waals surface area contributed by atoms with Crippen LogP contribution in [0.1, 0.15) is 24.3 Å². The van der Waals surface area contributed by atoms with Crippen molar-refractivity contribution in [1.29, 1.82) is 0 Å². The normalized spacial score (nSPS) is 17.4. The number of nitrogens with zero attached hydrogens (tertiary/aromatic N) is 4. The summed E-state index contributed by atoms with van der Waals surface area (Å²) in [6.45, 7) is 2.66. The smallest absolute Gasteiger partial charge is 0.246 e. The van der Waals surface area contributed by atoms with E-state index in [0.717, 1.165) is 36.4 Å². The maximum absolute atomic E-state index is 13.1. The van der Waals surface area contributed by atoms with Crippen molar-refractivity contribution < 1.29 is 13.7 Å². The van der Waals surface area contributed by atoms with E-state index in [1.807, 2.05) is 17.5 Å². The molecule has 1 atom stereocenters. The van der Waals surface area contributed by atoms with Crippen LogP contribution >= 0.6 is 11.3 Å². The fraction of sp³-hybridized carbons (Fsp3) is 0.381. The van der Waals surface area contributed by atoms with Crippen LogP contribution in [-0.4, -0.2) is 46.0 Å². The van der Waals surface area contributed by atoms with Crippen LogP contribution in [0.5, 0.6) is 0 Å². The minimum absolute atomic E-state index is 0.0612. The number of aromatic nitrogens is 2. The number of amides is 1. The molecule has 0 radical (unpaired) electrons. The second-order valence-corrected chi connectivity index (χ2v) is 8.33. The molecule has 0 aliphatic carbocycles. The molecule has 0 saturated carbocycles. The molecule has 1 fully saturated rings. The SMILES string of the molecule is CN(Cc1nc(-c2cccs2)no1)C(=O)[C@H]1CCCN(Cc2ccc(F)cc2)C1. The largest absolute Gasteiger partial charge is 0.337 e. The standard InChI is InChI=1S/C21H23FN4O2S/c1-25(14-19-23-20(24-28-19)18-5-3-11-29-18)21(27)16-4-2-10-26(13-16)12-15-6-8-17(22)9-7-15/h3,5-9,11,16H,2,4,10,12-14H2,1H3/t16-/m0/s1.